The van der Waals surface area contributed by atoms with Crippen LogP contribution < -0.4 is 16.2 Å². The Hall–Kier alpha value is -2.89. The highest BCUT2D eigenvalue weighted by atomic mass is 19.4. The summed E-state index contributed by atoms with van der Waals surface area (Å²) in [6.45, 7) is 2.81. The molecule has 164 valence electrons. The van der Waals surface area contributed by atoms with Crippen LogP contribution in [-0.2, 0) is 9.59 Å². The Bertz CT molecular complexity index is 1010. The summed E-state index contributed by atoms with van der Waals surface area (Å²) in [6.07, 6.45) is -3.74. The van der Waals surface area contributed by atoms with Crippen LogP contribution in [0.1, 0.15) is 24.3 Å². The van der Waals surface area contributed by atoms with Gasteiger partial charge in [-0.25, -0.2) is 5.10 Å². The van der Waals surface area contributed by atoms with Gasteiger partial charge in [-0.1, -0.05) is 0 Å². The largest absolute Gasteiger partial charge is 0.444 e. The van der Waals surface area contributed by atoms with Crippen molar-refractivity contribution in [3.05, 3.63) is 21.8 Å². The Labute approximate surface area is 169 Å². The number of H-pyrrole nitrogens is 1. The van der Waals surface area contributed by atoms with Gasteiger partial charge in [-0.15, -0.1) is 0 Å². The van der Waals surface area contributed by atoms with Crippen molar-refractivity contribution in [1.29, 1.82) is 0 Å². The molecule has 1 aliphatic heterocycles. The summed E-state index contributed by atoms with van der Waals surface area (Å²) in [5.74, 6) is -1.04. The highest BCUT2D eigenvalue weighted by molar-refractivity contribution is 6.01. The van der Waals surface area contributed by atoms with E-state index in [1.165, 1.54) is 0 Å². The molecule has 1 aliphatic rings. The molecule has 1 fully saturated rings. The number of anilines is 1. The Morgan fingerprint density at radius 3 is 2.53 bits per heavy atom. The highest BCUT2D eigenvalue weighted by Gasteiger charge is 2.31. The first-order valence-electron chi connectivity index (χ1n) is 9.40. The average molecular weight is 429 g/mol. The van der Waals surface area contributed by atoms with Gasteiger partial charge in [0.05, 0.1) is 17.6 Å². The van der Waals surface area contributed by atoms with Crippen molar-refractivity contribution in [2.45, 2.75) is 32.9 Å². The van der Waals surface area contributed by atoms with Gasteiger partial charge in [0.2, 0.25) is 17.7 Å². The first kappa shape index (κ1) is 21.8. The average Bonchev–Trinajstić information content (AvgIpc) is 2.99. The van der Waals surface area contributed by atoms with Crippen LogP contribution in [0.5, 0.6) is 0 Å². The van der Waals surface area contributed by atoms with E-state index in [0.717, 1.165) is 0 Å². The van der Waals surface area contributed by atoms with E-state index in [1.807, 2.05) is 5.32 Å². The first-order valence-corrected chi connectivity index (χ1v) is 9.40. The maximum absolute atomic E-state index is 12.4. The molecule has 3 heterocycles. The van der Waals surface area contributed by atoms with Gasteiger partial charge in [-0.05, 0) is 39.8 Å². The second kappa shape index (κ2) is 8.46. The molecular weight excluding hydrogens is 407 g/mol. The Morgan fingerprint density at radius 2 is 1.90 bits per heavy atom. The number of hydrogen-bond donors (Lipinski definition) is 3. The van der Waals surface area contributed by atoms with Crippen LogP contribution in [0.15, 0.2) is 9.21 Å². The SMILES string of the molecule is Cc1n[nH]c(=O)c2c(NC(=O)CN3CCC(C(=O)NCC(F)(F)F)CC3)oc(C)c12. The smallest absolute Gasteiger partial charge is 0.405 e. The van der Waals surface area contributed by atoms with Gasteiger partial charge in [0, 0.05) is 5.92 Å². The number of carbonyl (C=O) groups excluding carboxylic acids is 2. The molecule has 2 aromatic heterocycles. The molecule has 12 heteroatoms. The second-order valence-corrected chi connectivity index (χ2v) is 7.31. The van der Waals surface area contributed by atoms with Crippen LogP contribution in [0.4, 0.5) is 19.1 Å². The predicted octanol–water partition coefficient (Wildman–Crippen LogP) is 1.46. The molecule has 1 saturated heterocycles. The third-order valence-corrected chi connectivity index (χ3v) is 5.04. The van der Waals surface area contributed by atoms with Crippen LogP contribution in [-0.4, -0.2) is 59.3 Å². The number of halogens is 3. The topological polar surface area (TPSA) is 120 Å². The third kappa shape index (κ3) is 4.99. The second-order valence-electron chi connectivity index (χ2n) is 7.31. The van der Waals surface area contributed by atoms with Gasteiger partial charge in [0.15, 0.2) is 0 Å². The summed E-state index contributed by atoms with van der Waals surface area (Å²) in [5.41, 5.74) is 0.0886. The Morgan fingerprint density at radius 1 is 1.23 bits per heavy atom. The molecule has 0 radical (unpaired) electrons. The van der Waals surface area contributed by atoms with Gasteiger partial charge in [-0.3, -0.25) is 24.6 Å². The molecule has 0 spiro atoms. The number of rotatable bonds is 5. The number of furan rings is 1. The number of aromatic nitrogens is 2. The molecule has 2 amide bonds. The van der Waals surface area contributed by atoms with Crippen molar-refractivity contribution in [2.24, 2.45) is 5.92 Å². The molecular formula is C18H22F3N5O4. The minimum atomic E-state index is -4.45. The summed E-state index contributed by atoms with van der Waals surface area (Å²) in [6, 6.07) is 0. The summed E-state index contributed by atoms with van der Waals surface area (Å²) in [4.78, 5) is 38.1. The van der Waals surface area contributed by atoms with E-state index in [1.54, 1.807) is 18.7 Å². The molecule has 0 unspecified atom stereocenters. The van der Waals surface area contributed by atoms with E-state index < -0.39 is 36.0 Å². The van der Waals surface area contributed by atoms with Crippen molar-refractivity contribution in [3.63, 3.8) is 0 Å². The van der Waals surface area contributed by atoms with Gasteiger partial charge in [-0.2, -0.15) is 18.3 Å². The number of fused-ring (bicyclic) bond motifs is 1. The molecule has 3 N–H and O–H groups in total. The number of nitrogens with zero attached hydrogens (tertiary/aromatic N) is 2. The standard InChI is InChI=1S/C18H22F3N5O4/c1-9-13-10(2)30-17(14(13)16(29)25-24-9)23-12(27)7-26-5-3-11(4-6-26)15(28)22-8-18(19,20)21/h11H,3-8H2,1-2H3,(H,22,28)(H,23,27)(H,25,29). The number of hydrogen-bond acceptors (Lipinski definition) is 6. The number of amides is 2. The van der Waals surface area contributed by atoms with E-state index in [9.17, 15) is 27.6 Å². The van der Waals surface area contributed by atoms with E-state index in [0.29, 0.717) is 42.8 Å². The minimum Gasteiger partial charge on any atom is -0.444 e. The number of alkyl halides is 3. The maximum atomic E-state index is 12.4. The lowest BCUT2D eigenvalue weighted by molar-refractivity contribution is -0.141. The molecule has 2 aromatic rings. The van der Waals surface area contributed by atoms with Crippen molar-refractivity contribution >= 4 is 28.5 Å². The van der Waals surface area contributed by atoms with Gasteiger partial charge in [0.25, 0.3) is 5.56 Å². The third-order valence-electron chi connectivity index (χ3n) is 5.04. The summed E-state index contributed by atoms with van der Waals surface area (Å²) in [7, 11) is 0. The molecule has 0 atom stereocenters. The lowest BCUT2D eigenvalue weighted by Gasteiger charge is -2.30. The fourth-order valence-corrected chi connectivity index (χ4v) is 3.59. The molecule has 3 rings (SSSR count). The number of nitrogens with one attached hydrogen (secondary N) is 3. The number of likely N-dealkylation sites (tertiary alicyclic amines) is 1. The van der Waals surface area contributed by atoms with E-state index in [4.69, 9.17) is 4.42 Å². The zero-order valence-corrected chi connectivity index (χ0v) is 16.5. The van der Waals surface area contributed by atoms with E-state index in [2.05, 4.69) is 15.5 Å². The van der Waals surface area contributed by atoms with Gasteiger partial charge in [0.1, 0.15) is 17.7 Å². The Kier molecular flexibility index (Phi) is 6.15. The van der Waals surface area contributed by atoms with E-state index in [-0.39, 0.29) is 17.8 Å². The molecule has 0 aromatic carbocycles. The van der Waals surface area contributed by atoms with Crippen LogP contribution in [0.3, 0.4) is 0 Å². The maximum Gasteiger partial charge on any atom is 0.405 e. The molecule has 0 aliphatic carbocycles. The summed E-state index contributed by atoms with van der Waals surface area (Å²) < 4.78 is 42.2. The predicted molar refractivity (Wildman–Crippen MR) is 101 cm³/mol. The van der Waals surface area contributed by atoms with Gasteiger partial charge < -0.3 is 9.73 Å². The normalized spacial score (nSPS) is 16.0. The van der Waals surface area contributed by atoms with Crippen molar-refractivity contribution in [1.82, 2.24) is 20.4 Å². The Balaban J connectivity index is 1.55. The number of piperidine rings is 1. The molecule has 9 nitrogen and oxygen atoms in total. The zero-order valence-electron chi connectivity index (χ0n) is 16.5. The number of aromatic amines is 1. The summed E-state index contributed by atoms with van der Waals surface area (Å²) in [5, 5.41) is 11.5. The van der Waals surface area contributed by atoms with E-state index >= 15 is 0 Å². The van der Waals surface area contributed by atoms with Crippen LogP contribution in [0.25, 0.3) is 10.8 Å². The number of aryl methyl sites for hydroxylation is 2. The highest BCUT2D eigenvalue weighted by Crippen LogP contribution is 2.28. The fraction of sp³-hybridized carbons (Fsp3) is 0.556. The molecule has 0 saturated carbocycles. The lowest BCUT2D eigenvalue weighted by Crippen LogP contribution is -2.44. The zero-order chi connectivity index (χ0) is 22.1. The molecule has 30 heavy (non-hydrogen) atoms. The lowest BCUT2D eigenvalue weighted by atomic mass is 9.96. The monoisotopic (exact) mass is 429 g/mol. The first-order chi connectivity index (χ1) is 14.0. The van der Waals surface area contributed by atoms with Crippen molar-refractivity contribution in [2.75, 3.05) is 31.5 Å². The van der Waals surface area contributed by atoms with Crippen LogP contribution in [0, 0.1) is 19.8 Å². The minimum absolute atomic E-state index is 0.000101. The van der Waals surface area contributed by atoms with Crippen molar-refractivity contribution in [3.8, 4) is 0 Å². The quantitative estimate of drug-likeness (QED) is 0.662. The number of carbonyl (C=O) groups is 2. The fourth-order valence-electron chi connectivity index (χ4n) is 3.59. The molecule has 0 bridgehead atoms. The summed E-state index contributed by atoms with van der Waals surface area (Å²) >= 11 is 0. The van der Waals surface area contributed by atoms with Gasteiger partial charge >= 0.3 is 6.18 Å². The van der Waals surface area contributed by atoms with Crippen molar-refractivity contribution < 1.29 is 27.2 Å². The van der Waals surface area contributed by atoms with Crippen LogP contribution >= 0.6 is 0 Å². The van der Waals surface area contributed by atoms with Crippen LogP contribution in [0.2, 0.25) is 0 Å².